The van der Waals surface area contributed by atoms with Crippen molar-refractivity contribution in [3.8, 4) is 11.5 Å². The molecule has 144 valence electrons. The maximum absolute atomic E-state index is 12.2. The summed E-state index contributed by atoms with van der Waals surface area (Å²) in [6.07, 6.45) is 0.710. The fourth-order valence-corrected chi connectivity index (χ4v) is 3.60. The van der Waals surface area contributed by atoms with Crippen LogP contribution in [0.25, 0.3) is 0 Å². The first-order valence-corrected chi connectivity index (χ1v) is 9.88. The van der Waals surface area contributed by atoms with Gasteiger partial charge in [0.2, 0.25) is 12.7 Å². The Balaban J connectivity index is 1.28. The summed E-state index contributed by atoms with van der Waals surface area (Å²) >= 11 is 1.37. The third kappa shape index (κ3) is 4.28. The molecule has 1 N–H and O–H groups in total. The van der Waals surface area contributed by atoms with Crippen molar-refractivity contribution in [2.75, 3.05) is 12.5 Å². The zero-order valence-electron chi connectivity index (χ0n) is 15.4. The molecule has 0 atom stereocenters. The highest BCUT2D eigenvalue weighted by molar-refractivity contribution is 7.99. The lowest BCUT2D eigenvalue weighted by atomic mass is 10.1. The maximum Gasteiger partial charge on any atom is 0.231 e. The molecule has 0 saturated heterocycles. The van der Waals surface area contributed by atoms with Crippen molar-refractivity contribution in [2.45, 2.75) is 18.1 Å². The second-order valence-electron chi connectivity index (χ2n) is 6.37. The van der Waals surface area contributed by atoms with Crippen molar-refractivity contribution in [1.29, 1.82) is 0 Å². The molecule has 1 aromatic heterocycles. The van der Waals surface area contributed by atoms with E-state index in [1.54, 1.807) is 0 Å². The molecule has 2 aromatic carbocycles. The average molecular weight is 396 g/mol. The minimum Gasteiger partial charge on any atom is -0.454 e. The van der Waals surface area contributed by atoms with E-state index in [1.807, 2.05) is 48.0 Å². The number of nitrogens with one attached hydrogen (secondary N) is 1. The molecule has 0 aliphatic carbocycles. The van der Waals surface area contributed by atoms with Crippen LogP contribution in [0.1, 0.15) is 17.0 Å². The van der Waals surface area contributed by atoms with Crippen molar-refractivity contribution in [2.24, 2.45) is 7.05 Å². The summed E-state index contributed by atoms with van der Waals surface area (Å²) in [6.45, 7) is 0.680. The first-order chi connectivity index (χ1) is 13.7. The Bertz CT molecular complexity index is 975. The highest BCUT2D eigenvalue weighted by Crippen LogP contribution is 2.32. The lowest BCUT2D eigenvalue weighted by molar-refractivity contribution is -0.118. The van der Waals surface area contributed by atoms with Crippen LogP contribution in [0.2, 0.25) is 0 Å². The van der Waals surface area contributed by atoms with E-state index in [2.05, 4.69) is 27.6 Å². The fourth-order valence-electron chi connectivity index (χ4n) is 2.84. The molecule has 4 rings (SSSR count). The van der Waals surface area contributed by atoms with Crippen molar-refractivity contribution in [3.05, 3.63) is 65.5 Å². The van der Waals surface area contributed by atoms with Gasteiger partial charge in [-0.25, -0.2) is 0 Å². The Morgan fingerprint density at radius 1 is 1.11 bits per heavy atom. The molecular weight excluding hydrogens is 376 g/mol. The smallest absolute Gasteiger partial charge is 0.231 e. The largest absolute Gasteiger partial charge is 0.454 e. The lowest BCUT2D eigenvalue weighted by Gasteiger charge is -2.07. The van der Waals surface area contributed by atoms with Crippen LogP contribution in [-0.4, -0.2) is 33.2 Å². The van der Waals surface area contributed by atoms with E-state index in [4.69, 9.17) is 9.47 Å². The summed E-state index contributed by atoms with van der Waals surface area (Å²) in [5.74, 6) is 2.54. The number of fused-ring (bicyclic) bond motifs is 1. The third-order valence-corrected chi connectivity index (χ3v) is 5.41. The monoisotopic (exact) mass is 396 g/mol. The SMILES string of the molecule is Cn1c(Cc2ccccc2)nnc1SCC(=O)NCc1ccc2c(c1)OCO2. The topological polar surface area (TPSA) is 78.3 Å². The van der Waals surface area contributed by atoms with Crippen LogP contribution in [0.4, 0.5) is 0 Å². The Hall–Kier alpha value is -3.00. The normalized spacial score (nSPS) is 12.2. The van der Waals surface area contributed by atoms with E-state index in [-0.39, 0.29) is 18.5 Å². The molecule has 0 fully saturated rings. The van der Waals surface area contributed by atoms with E-state index in [1.165, 1.54) is 17.3 Å². The van der Waals surface area contributed by atoms with Gasteiger partial charge in [0.25, 0.3) is 0 Å². The van der Waals surface area contributed by atoms with Crippen LogP contribution in [0.15, 0.2) is 53.7 Å². The van der Waals surface area contributed by atoms with Crippen LogP contribution in [0, 0.1) is 0 Å². The van der Waals surface area contributed by atoms with E-state index in [9.17, 15) is 4.79 Å². The predicted octanol–water partition coefficient (Wildman–Crippen LogP) is 2.54. The summed E-state index contributed by atoms with van der Waals surface area (Å²) in [4.78, 5) is 12.2. The minimum absolute atomic E-state index is 0.0599. The van der Waals surface area contributed by atoms with Crippen LogP contribution < -0.4 is 14.8 Å². The lowest BCUT2D eigenvalue weighted by Crippen LogP contribution is -2.24. The van der Waals surface area contributed by atoms with Gasteiger partial charge in [-0.15, -0.1) is 10.2 Å². The van der Waals surface area contributed by atoms with E-state index >= 15 is 0 Å². The van der Waals surface area contributed by atoms with E-state index < -0.39 is 0 Å². The molecule has 28 heavy (non-hydrogen) atoms. The first-order valence-electron chi connectivity index (χ1n) is 8.89. The number of ether oxygens (including phenoxy) is 2. The molecule has 0 unspecified atom stereocenters. The van der Waals surface area contributed by atoms with Gasteiger partial charge in [-0.3, -0.25) is 4.79 Å². The molecule has 0 bridgehead atoms. The summed E-state index contributed by atoms with van der Waals surface area (Å²) in [7, 11) is 1.92. The summed E-state index contributed by atoms with van der Waals surface area (Å²) in [5.41, 5.74) is 2.14. The van der Waals surface area contributed by atoms with Crippen LogP contribution in [-0.2, 0) is 24.8 Å². The third-order valence-electron chi connectivity index (χ3n) is 4.39. The fraction of sp³-hybridized carbons (Fsp3) is 0.250. The van der Waals surface area contributed by atoms with Gasteiger partial charge in [-0.2, -0.15) is 0 Å². The van der Waals surface area contributed by atoms with Gasteiger partial charge in [-0.1, -0.05) is 48.2 Å². The summed E-state index contributed by atoms with van der Waals surface area (Å²) in [5, 5.41) is 12.1. The number of thioether (sulfide) groups is 1. The number of carbonyl (C=O) groups is 1. The number of rotatable bonds is 7. The quantitative estimate of drug-likeness (QED) is 0.619. The van der Waals surface area contributed by atoms with Gasteiger partial charge >= 0.3 is 0 Å². The Kier molecular flexibility index (Phi) is 5.48. The van der Waals surface area contributed by atoms with Crippen molar-refractivity contribution >= 4 is 17.7 Å². The number of carbonyl (C=O) groups excluding carboxylic acids is 1. The molecule has 0 radical (unpaired) electrons. The zero-order valence-corrected chi connectivity index (χ0v) is 16.2. The summed E-state index contributed by atoms with van der Waals surface area (Å²) in [6, 6.07) is 15.8. The Morgan fingerprint density at radius 3 is 2.79 bits per heavy atom. The number of hydrogen-bond donors (Lipinski definition) is 1. The second kappa shape index (κ2) is 8.35. The highest BCUT2D eigenvalue weighted by Gasteiger charge is 2.14. The van der Waals surface area contributed by atoms with Crippen molar-refractivity contribution in [3.63, 3.8) is 0 Å². The number of hydrogen-bond acceptors (Lipinski definition) is 6. The Labute approximate surface area is 167 Å². The van der Waals surface area contributed by atoms with Crippen molar-refractivity contribution in [1.82, 2.24) is 20.1 Å². The molecular formula is C20H20N4O3S. The second-order valence-corrected chi connectivity index (χ2v) is 7.32. The Morgan fingerprint density at radius 2 is 1.93 bits per heavy atom. The number of nitrogens with zero attached hydrogens (tertiary/aromatic N) is 3. The van der Waals surface area contributed by atoms with Gasteiger partial charge in [0, 0.05) is 20.0 Å². The molecule has 0 spiro atoms. The van der Waals surface area contributed by atoms with Crippen LogP contribution >= 0.6 is 11.8 Å². The average Bonchev–Trinajstić information content (AvgIpc) is 3.32. The van der Waals surface area contributed by atoms with Gasteiger partial charge in [0.05, 0.1) is 5.75 Å². The predicted molar refractivity (Wildman–Crippen MR) is 105 cm³/mol. The van der Waals surface area contributed by atoms with Gasteiger partial charge < -0.3 is 19.4 Å². The van der Waals surface area contributed by atoms with E-state index in [0.717, 1.165) is 22.3 Å². The summed E-state index contributed by atoms with van der Waals surface area (Å²) < 4.78 is 12.6. The number of benzene rings is 2. The van der Waals surface area contributed by atoms with Crippen LogP contribution in [0.3, 0.4) is 0 Å². The standard InChI is InChI=1S/C20H20N4O3S/c1-24-18(10-14-5-3-2-4-6-14)22-23-20(24)28-12-19(25)21-11-15-7-8-16-17(9-15)27-13-26-16/h2-9H,10-13H2,1H3,(H,21,25). The zero-order chi connectivity index (χ0) is 19.3. The maximum atomic E-state index is 12.2. The van der Waals surface area contributed by atoms with Gasteiger partial charge in [0.15, 0.2) is 16.7 Å². The molecule has 7 nitrogen and oxygen atoms in total. The van der Waals surface area contributed by atoms with Gasteiger partial charge in [-0.05, 0) is 23.3 Å². The first kappa shape index (κ1) is 18.4. The number of aromatic nitrogens is 3. The molecule has 1 aliphatic heterocycles. The van der Waals surface area contributed by atoms with Crippen LogP contribution in [0.5, 0.6) is 11.5 Å². The molecule has 3 aromatic rings. The molecule has 0 saturated carbocycles. The molecule has 2 heterocycles. The van der Waals surface area contributed by atoms with Gasteiger partial charge in [0.1, 0.15) is 5.82 Å². The molecule has 1 aliphatic rings. The number of amides is 1. The minimum atomic E-state index is -0.0599. The van der Waals surface area contributed by atoms with Crippen molar-refractivity contribution < 1.29 is 14.3 Å². The highest BCUT2D eigenvalue weighted by atomic mass is 32.2. The molecule has 8 heteroatoms. The van der Waals surface area contributed by atoms with E-state index in [0.29, 0.717) is 18.7 Å². The molecule has 1 amide bonds.